The fourth-order valence-corrected chi connectivity index (χ4v) is 5.64. The molecular formula is C30H28N2O3. The van der Waals surface area contributed by atoms with Crippen LogP contribution in [0.2, 0.25) is 0 Å². The molecule has 6 rings (SSSR count). The number of hydrogen-bond donors (Lipinski definition) is 0. The molecule has 0 fully saturated rings. The van der Waals surface area contributed by atoms with Gasteiger partial charge in [0, 0.05) is 11.1 Å². The summed E-state index contributed by atoms with van der Waals surface area (Å²) < 4.78 is 14.8. The van der Waals surface area contributed by atoms with Crippen molar-refractivity contribution in [3.05, 3.63) is 106 Å². The van der Waals surface area contributed by atoms with Gasteiger partial charge in [-0.15, -0.1) is 0 Å². The van der Waals surface area contributed by atoms with Crippen molar-refractivity contribution in [1.29, 1.82) is 0 Å². The van der Waals surface area contributed by atoms with E-state index in [4.69, 9.17) is 14.6 Å². The molecule has 35 heavy (non-hydrogen) atoms. The second kappa shape index (κ2) is 7.84. The molecule has 4 aromatic rings. The van der Waals surface area contributed by atoms with Gasteiger partial charge in [0.2, 0.25) is 5.88 Å². The van der Waals surface area contributed by atoms with Gasteiger partial charge < -0.3 is 9.47 Å². The highest BCUT2D eigenvalue weighted by Gasteiger charge is 2.56. The summed E-state index contributed by atoms with van der Waals surface area (Å²) in [6, 6.07) is 22.2. The number of carbonyl (C=O) groups is 1. The van der Waals surface area contributed by atoms with Crippen LogP contribution in [0.4, 0.5) is 0 Å². The van der Waals surface area contributed by atoms with Crippen LogP contribution < -0.4 is 4.74 Å². The molecule has 5 heteroatoms. The van der Waals surface area contributed by atoms with E-state index >= 15 is 0 Å². The standard InChI is InChI=1S/C30H28N2O3/c1-5-20(6-2)21-13-16-25-26(17-21)34-28-27(19(4)31-32(28)22-14-11-18(3)12-15-22)30(25)24-10-8-7-9-23(24)29(33)35-30/h7-17,20H,5-6H2,1-4H3. The van der Waals surface area contributed by atoms with Gasteiger partial charge in [0.25, 0.3) is 0 Å². The summed E-state index contributed by atoms with van der Waals surface area (Å²) in [4.78, 5) is 13.2. The van der Waals surface area contributed by atoms with E-state index in [9.17, 15) is 4.79 Å². The van der Waals surface area contributed by atoms with Crippen LogP contribution >= 0.6 is 0 Å². The van der Waals surface area contributed by atoms with Crippen LogP contribution in [-0.4, -0.2) is 15.7 Å². The monoisotopic (exact) mass is 464 g/mol. The molecule has 0 N–H and O–H groups in total. The first kappa shape index (κ1) is 21.7. The molecular weight excluding hydrogens is 436 g/mol. The zero-order chi connectivity index (χ0) is 24.3. The summed E-state index contributed by atoms with van der Waals surface area (Å²) in [6.07, 6.45) is 2.09. The highest BCUT2D eigenvalue weighted by atomic mass is 16.6. The Morgan fingerprint density at radius 3 is 2.43 bits per heavy atom. The predicted molar refractivity (Wildman–Crippen MR) is 135 cm³/mol. The SMILES string of the molecule is CCC(CC)c1ccc2c(c1)Oc1c(c(C)nn1-c1ccc(C)cc1)C21OC(=O)c2ccccc21. The summed E-state index contributed by atoms with van der Waals surface area (Å²) in [6.45, 7) is 8.42. The Balaban J connectivity index is 1.66. The Morgan fingerprint density at radius 1 is 0.943 bits per heavy atom. The quantitative estimate of drug-likeness (QED) is 0.306. The van der Waals surface area contributed by atoms with Gasteiger partial charge in [0.05, 0.1) is 22.5 Å². The molecule has 176 valence electrons. The van der Waals surface area contributed by atoms with Crippen LogP contribution in [0.15, 0.2) is 66.7 Å². The number of rotatable bonds is 4. The predicted octanol–water partition coefficient (Wildman–Crippen LogP) is 6.96. The molecule has 0 radical (unpaired) electrons. The number of fused-ring (bicyclic) bond motifs is 6. The van der Waals surface area contributed by atoms with Gasteiger partial charge in [-0.25, -0.2) is 9.48 Å². The number of carbonyl (C=O) groups excluding carboxylic acids is 1. The zero-order valence-electron chi connectivity index (χ0n) is 20.5. The summed E-state index contributed by atoms with van der Waals surface area (Å²) in [7, 11) is 0. The Morgan fingerprint density at radius 2 is 1.69 bits per heavy atom. The molecule has 0 saturated carbocycles. The number of hydrogen-bond acceptors (Lipinski definition) is 4. The molecule has 1 spiro atoms. The van der Waals surface area contributed by atoms with Crippen molar-refractivity contribution >= 4 is 5.97 Å². The van der Waals surface area contributed by atoms with Crippen LogP contribution in [0.3, 0.4) is 0 Å². The number of nitrogens with zero attached hydrogens (tertiary/aromatic N) is 2. The second-order valence-electron chi connectivity index (χ2n) is 9.50. The molecule has 2 aliphatic rings. The topological polar surface area (TPSA) is 53.4 Å². The van der Waals surface area contributed by atoms with Gasteiger partial charge in [-0.1, -0.05) is 61.9 Å². The van der Waals surface area contributed by atoms with Crippen molar-refractivity contribution in [1.82, 2.24) is 9.78 Å². The average molecular weight is 465 g/mol. The molecule has 0 amide bonds. The number of benzene rings is 3. The van der Waals surface area contributed by atoms with Gasteiger partial charge >= 0.3 is 5.97 Å². The van der Waals surface area contributed by atoms with E-state index in [0.29, 0.717) is 23.1 Å². The fourth-order valence-electron chi connectivity index (χ4n) is 5.64. The molecule has 0 saturated heterocycles. The molecule has 0 aliphatic carbocycles. The first-order valence-electron chi connectivity index (χ1n) is 12.3. The fraction of sp³-hybridized carbons (Fsp3) is 0.267. The Kier molecular flexibility index (Phi) is 4.85. The van der Waals surface area contributed by atoms with E-state index in [2.05, 4.69) is 51.1 Å². The van der Waals surface area contributed by atoms with E-state index in [1.165, 1.54) is 11.1 Å². The maximum atomic E-state index is 13.2. The van der Waals surface area contributed by atoms with Crippen molar-refractivity contribution in [3.63, 3.8) is 0 Å². The Bertz CT molecular complexity index is 1460. The third kappa shape index (κ3) is 3.00. The maximum Gasteiger partial charge on any atom is 0.340 e. The normalized spacial score (nSPS) is 17.7. The third-order valence-electron chi connectivity index (χ3n) is 7.47. The molecule has 1 aromatic heterocycles. The van der Waals surface area contributed by atoms with E-state index in [1.54, 1.807) is 0 Å². The van der Waals surface area contributed by atoms with Crippen LogP contribution in [0.5, 0.6) is 11.6 Å². The molecule has 3 heterocycles. The molecule has 0 bridgehead atoms. The number of esters is 1. The summed E-state index contributed by atoms with van der Waals surface area (Å²) >= 11 is 0. The van der Waals surface area contributed by atoms with E-state index in [1.807, 2.05) is 48.0 Å². The van der Waals surface area contributed by atoms with Crippen molar-refractivity contribution in [2.24, 2.45) is 0 Å². The highest BCUT2D eigenvalue weighted by molar-refractivity contribution is 5.97. The lowest BCUT2D eigenvalue weighted by Crippen LogP contribution is -2.33. The first-order valence-corrected chi connectivity index (χ1v) is 12.3. The van der Waals surface area contributed by atoms with Crippen molar-refractivity contribution in [2.45, 2.75) is 52.1 Å². The largest absolute Gasteiger partial charge is 0.440 e. The average Bonchev–Trinajstić information content (AvgIpc) is 3.35. The van der Waals surface area contributed by atoms with E-state index < -0.39 is 5.60 Å². The minimum atomic E-state index is -1.10. The summed E-state index contributed by atoms with van der Waals surface area (Å²) in [5.41, 5.74) is 5.98. The van der Waals surface area contributed by atoms with Crippen LogP contribution in [0.1, 0.15) is 76.5 Å². The van der Waals surface area contributed by atoms with Crippen molar-refractivity contribution < 1.29 is 14.3 Å². The minimum Gasteiger partial charge on any atom is -0.440 e. The zero-order valence-corrected chi connectivity index (χ0v) is 20.5. The Hall–Kier alpha value is -3.86. The van der Waals surface area contributed by atoms with Gasteiger partial charge in [-0.3, -0.25) is 0 Å². The second-order valence-corrected chi connectivity index (χ2v) is 9.50. The van der Waals surface area contributed by atoms with Crippen LogP contribution in [-0.2, 0) is 10.3 Å². The molecule has 5 nitrogen and oxygen atoms in total. The molecule has 2 aliphatic heterocycles. The van der Waals surface area contributed by atoms with Crippen LogP contribution in [0.25, 0.3) is 5.69 Å². The van der Waals surface area contributed by atoms with Gasteiger partial charge in [0.15, 0.2) is 5.60 Å². The lowest BCUT2D eigenvalue weighted by Gasteiger charge is -2.35. The number of aromatic nitrogens is 2. The smallest absolute Gasteiger partial charge is 0.340 e. The van der Waals surface area contributed by atoms with Gasteiger partial charge in [0.1, 0.15) is 5.75 Å². The molecule has 3 aromatic carbocycles. The molecule has 1 atom stereocenters. The third-order valence-corrected chi connectivity index (χ3v) is 7.47. The van der Waals surface area contributed by atoms with Crippen molar-refractivity contribution in [2.75, 3.05) is 0 Å². The van der Waals surface area contributed by atoms with Crippen molar-refractivity contribution in [3.8, 4) is 17.3 Å². The lowest BCUT2D eigenvalue weighted by molar-refractivity contribution is 0.0221. The van der Waals surface area contributed by atoms with Gasteiger partial charge in [-0.05, 0) is 62.4 Å². The van der Waals surface area contributed by atoms with Gasteiger partial charge in [-0.2, -0.15) is 5.10 Å². The van der Waals surface area contributed by atoms with E-state index in [-0.39, 0.29) is 5.97 Å². The van der Waals surface area contributed by atoms with Crippen LogP contribution in [0, 0.1) is 13.8 Å². The summed E-state index contributed by atoms with van der Waals surface area (Å²) in [5, 5.41) is 4.88. The Labute approximate surface area is 205 Å². The maximum absolute atomic E-state index is 13.2. The minimum absolute atomic E-state index is 0.328. The molecule has 1 unspecified atom stereocenters. The highest BCUT2D eigenvalue weighted by Crippen LogP contribution is 2.57. The van der Waals surface area contributed by atoms with E-state index in [0.717, 1.165) is 40.9 Å². The number of ether oxygens (including phenoxy) is 2. The lowest BCUT2D eigenvalue weighted by atomic mass is 9.77. The first-order chi connectivity index (χ1) is 17.0. The summed E-state index contributed by atoms with van der Waals surface area (Å²) in [5.74, 6) is 1.40. The number of aryl methyl sites for hydroxylation is 2.